The summed E-state index contributed by atoms with van der Waals surface area (Å²) in [6, 6.07) is 12.4. The van der Waals surface area contributed by atoms with Gasteiger partial charge in [0.15, 0.2) is 0 Å². The predicted octanol–water partition coefficient (Wildman–Crippen LogP) is 4.15. The zero-order valence-electron chi connectivity index (χ0n) is 19.1. The number of hydrogen-bond donors (Lipinski definition) is 1. The number of anilines is 3. The minimum Gasteiger partial charge on any atom is -0.465 e. The van der Waals surface area contributed by atoms with Gasteiger partial charge in [0, 0.05) is 0 Å². The van der Waals surface area contributed by atoms with Crippen molar-refractivity contribution in [2.45, 2.75) is 0 Å². The van der Waals surface area contributed by atoms with E-state index in [1.54, 1.807) is 0 Å². The summed E-state index contributed by atoms with van der Waals surface area (Å²) in [6.45, 7) is 0. The van der Waals surface area contributed by atoms with E-state index in [2.05, 4.69) is 14.9 Å². The maximum atomic E-state index is 11.8. The van der Waals surface area contributed by atoms with E-state index in [4.69, 9.17) is 0 Å². The van der Waals surface area contributed by atoms with Crippen LogP contribution in [0.3, 0.4) is 0 Å². The fraction of sp³-hybridized carbons (Fsp3) is 0.0909. The first-order chi connectivity index (χ1) is 17.6. The van der Waals surface area contributed by atoms with Crippen molar-refractivity contribution in [1.29, 1.82) is 0 Å². The Balaban J connectivity index is 2.20. The lowest BCUT2D eigenvalue weighted by molar-refractivity contribution is -0.401. The molecule has 0 amide bonds. The SMILES string of the molecule is COC(=O)c1ccc(N(Nc2c([N+](=O)[O-])cc([N+](=O)[O-])cc2[N+](=O)[O-])c2ccc(C(=O)OC)cc2)cc1. The fourth-order valence-corrected chi connectivity index (χ4v) is 3.22. The second-order valence-corrected chi connectivity index (χ2v) is 7.15. The highest BCUT2D eigenvalue weighted by Gasteiger charge is 2.32. The number of methoxy groups -OCH3 is 2. The van der Waals surface area contributed by atoms with E-state index < -0.39 is 49.5 Å². The van der Waals surface area contributed by atoms with Gasteiger partial charge in [0.25, 0.3) is 5.69 Å². The van der Waals surface area contributed by atoms with E-state index in [-0.39, 0.29) is 22.5 Å². The molecule has 0 saturated carbocycles. The molecule has 15 heteroatoms. The molecule has 3 rings (SSSR count). The molecule has 0 saturated heterocycles. The van der Waals surface area contributed by atoms with Crippen LogP contribution in [0.2, 0.25) is 0 Å². The van der Waals surface area contributed by atoms with Gasteiger partial charge in [0.1, 0.15) is 0 Å². The van der Waals surface area contributed by atoms with Crippen molar-refractivity contribution >= 4 is 46.1 Å². The van der Waals surface area contributed by atoms with Gasteiger partial charge in [-0.25, -0.2) is 9.59 Å². The molecule has 0 spiro atoms. The molecular weight excluding hydrogens is 494 g/mol. The molecule has 3 aromatic rings. The Morgan fingerprint density at radius 1 is 0.703 bits per heavy atom. The van der Waals surface area contributed by atoms with E-state index in [1.807, 2.05) is 0 Å². The molecule has 3 aromatic carbocycles. The molecule has 0 unspecified atom stereocenters. The summed E-state index contributed by atoms with van der Waals surface area (Å²) in [4.78, 5) is 55.3. The molecule has 0 fully saturated rings. The highest BCUT2D eigenvalue weighted by molar-refractivity contribution is 5.91. The van der Waals surface area contributed by atoms with Gasteiger partial charge >= 0.3 is 23.3 Å². The predicted molar refractivity (Wildman–Crippen MR) is 128 cm³/mol. The van der Waals surface area contributed by atoms with Crippen molar-refractivity contribution in [2.75, 3.05) is 24.7 Å². The number of hydrazine groups is 1. The number of esters is 2. The number of benzene rings is 3. The maximum Gasteiger partial charge on any atom is 0.337 e. The summed E-state index contributed by atoms with van der Waals surface area (Å²) in [5.41, 5.74) is 0.113. The first kappa shape index (κ1) is 26.0. The van der Waals surface area contributed by atoms with Gasteiger partial charge < -0.3 is 9.47 Å². The third-order valence-corrected chi connectivity index (χ3v) is 5.00. The number of nitro groups is 3. The lowest BCUT2D eigenvalue weighted by Gasteiger charge is -2.26. The van der Waals surface area contributed by atoms with E-state index in [0.29, 0.717) is 12.1 Å². The Hall–Kier alpha value is -5.60. The minimum absolute atomic E-state index is 0.180. The molecule has 1 N–H and O–H groups in total. The standard InChI is InChI=1S/C22H17N5O10/c1-36-21(28)13-3-7-15(8-4-13)24(16-9-5-14(6-10-16)22(29)37-2)23-20-18(26(32)33)11-17(25(30)31)12-19(20)27(34)35/h3-12,23H,1-2H3. The quantitative estimate of drug-likeness (QED) is 0.245. The molecule has 37 heavy (non-hydrogen) atoms. The number of carbonyl (C=O) groups excluding carboxylic acids is 2. The van der Waals surface area contributed by atoms with E-state index >= 15 is 0 Å². The first-order valence-corrected chi connectivity index (χ1v) is 10.1. The normalized spacial score (nSPS) is 10.2. The second kappa shape index (κ2) is 10.8. The third-order valence-electron chi connectivity index (χ3n) is 5.00. The average Bonchev–Trinajstić information content (AvgIpc) is 2.90. The molecule has 0 radical (unpaired) electrons. The summed E-state index contributed by atoms with van der Waals surface area (Å²) in [7, 11) is 2.39. The van der Waals surface area contributed by atoms with Crippen LogP contribution in [0.5, 0.6) is 0 Å². The monoisotopic (exact) mass is 511 g/mol. The molecule has 190 valence electrons. The van der Waals surface area contributed by atoms with Gasteiger partial charge in [0.05, 0.1) is 63.6 Å². The van der Waals surface area contributed by atoms with Crippen LogP contribution in [-0.2, 0) is 9.47 Å². The summed E-state index contributed by atoms with van der Waals surface area (Å²) >= 11 is 0. The lowest BCUT2D eigenvalue weighted by Crippen LogP contribution is -2.26. The molecule has 0 aliphatic carbocycles. The largest absolute Gasteiger partial charge is 0.465 e. The minimum atomic E-state index is -0.999. The highest BCUT2D eigenvalue weighted by Crippen LogP contribution is 2.40. The Morgan fingerprint density at radius 2 is 1.08 bits per heavy atom. The van der Waals surface area contributed by atoms with Crippen LogP contribution in [0.15, 0.2) is 60.7 Å². The summed E-state index contributed by atoms with van der Waals surface area (Å²) in [5, 5.41) is 35.9. The van der Waals surface area contributed by atoms with Crippen LogP contribution < -0.4 is 10.4 Å². The smallest absolute Gasteiger partial charge is 0.337 e. The first-order valence-electron chi connectivity index (χ1n) is 10.1. The van der Waals surface area contributed by atoms with Crippen LogP contribution in [-0.4, -0.2) is 40.9 Å². The van der Waals surface area contributed by atoms with Gasteiger partial charge in [-0.05, 0) is 48.5 Å². The summed E-state index contributed by atoms with van der Waals surface area (Å²) in [5.74, 6) is -1.26. The number of hydrogen-bond acceptors (Lipinski definition) is 12. The molecule has 0 aliphatic rings. The number of nitrogens with zero attached hydrogens (tertiary/aromatic N) is 4. The molecule has 0 bridgehead atoms. The van der Waals surface area contributed by atoms with Crippen molar-refractivity contribution < 1.29 is 33.8 Å². The Morgan fingerprint density at radius 3 is 1.38 bits per heavy atom. The van der Waals surface area contributed by atoms with Crippen LogP contribution in [0.1, 0.15) is 20.7 Å². The van der Waals surface area contributed by atoms with Crippen LogP contribution in [0.25, 0.3) is 0 Å². The van der Waals surface area contributed by atoms with Crippen molar-refractivity contribution in [2.24, 2.45) is 0 Å². The Labute approximate surface area is 207 Å². The Bertz CT molecular complexity index is 1300. The van der Waals surface area contributed by atoms with Gasteiger partial charge in [-0.3, -0.25) is 40.8 Å². The second-order valence-electron chi connectivity index (χ2n) is 7.15. The van der Waals surface area contributed by atoms with E-state index in [9.17, 15) is 39.9 Å². The molecular formula is C22H17N5O10. The number of nitro benzene ring substituents is 3. The number of ether oxygens (including phenoxy) is 2. The molecule has 0 heterocycles. The number of carbonyl (C=O) groups is 2. The Kier molecular flexibility index (Phi) is 7.57. The fourth-order valence-electron chi connectivity index (χ4n) is 3.22. The van der Waals surface area contributed by atoms with Gasteiger partial charge in [0.2, 0.25) is 5.69 Å². The maximum absolute atomic E-state index is 11.8. The lowest BCUT2D eigenvalue weighted by atomic mass is 10.1. The van der Waals surface area contributed by atoms with E-state index in [1.165, 1.54) is 67.8 Å². The van der Waals surface area contributed by atoms with Crippen LogP contribution >= 0.6 is 0 Å². The topological polar surface area (TPSA) is 197 Å². The van der Waals surface area contributed by atoms with Gasteiger partial charge in [-0.2, -0.15) is 0 Å². The highest BCUT2D eigenvalue weighted by atomic mass is 16.6. The van der Waals surface area contributed by atoms with Crippen molar-refractivity contribution in [3.63, 3.8) is 0 Å². The van der Waals surface area contributed by atoms with Crippen LogP contribution in [0.4, 0.5) is 34.1 Å². The zero-order chi connectivity index (χ0) is 27.3. The summed E-state index contributed by atoms with van der Waals surface area (Å²) in [6.07, 6.45) is 0. The average molecular weight is 511 g/mol. The van der Waals surface area contributed by atoms with E-state index in [0.717, 1.165) is 0 Å². The van der Waals surface area contributed by atoms with Crippen LogP contribution in [0, 0.1) is 30.3 Å². The number of non-ortho nitro benzene ring substituents is 1. The zero-order valence-corrected chi connectivity index (χ0v) is 19.1. The van der Waals surface area contributed by atoms with Gasteiger partial charge in [-0.1, -0.05) is 0 Å². The molecule has 0 aliphatic heterocycles. The van der Waals surface area contributed by atoms with Crippen molar-refractivity contribution in [3.8, 4) is 0 Å². The number of nitrogens with one attached hydrogen (secondary N) is 1. The molecule has 0 aromatic heterocycles. The molecule has 0 atom stereocenters. The van der Waals surface area contributed by atoms with Crippen molar-refractivity contribution in [1.82, 2.24) is 0 Å². The number of rotatable bonds is 9. The third kappa shape index (κ3) is 5.56. The summed E-state index contributed by atoms with van der Waals surface area (Å²) < 4.78 is 9.32. The molecule has 15 nitrogen and oxygen atoms in total. The van der Waals surface area contributed by atoms with Gasteiger partial charge in [-0.15, -0.1) is 0 Å². The van der Waals surface area contributed by atoms with Crippen molar-refractivity contribution in [3.05, 3.63) is 102 Å².